The van der Waals surface area contributed by atoms with Crippen LogP contribution >= 0.6 is 0 Å². The SMILES string of the molecule is CC(=O)c1ccnc(C(F)(F)F)c1.CON(C)C(=O)c1ccnc(C(F)(F)F)c1. The lowest BCUT2D eigenvalue weighted by Gasteiger charge is -2.14. The summed E-state index contributed by atoms with van der Waals surface area (Å²) in [5.74, 6) is -1.08. The number of carbonyl (C=O) groups is 2. The largest absolute Gasteiger partial charge is 0.433 e. The van der Waals surface area contributed by atoms with E-state index in [1.54, 1.807) is 0 Å². The number of alkyl halides is 6. The standard InChI is InChI=1S/C9H9F3N2O2.C8H6F3NO/c1-14(16-2)8(15)6-3-4-13-7(5-6)9(10,11)12;1-5(13)6-2-3-12-7(4-6)8(9,10)11/h3-5H,1-2H3;2-4H,1H3. The molecule has 29 heavy (non-hydrogen) atoms. The Morgan fingerprint density at radius 2 is 1.31 bits per heavy atom. The van der Waals surface area contributed by atoms with Crippen LogP contribution in [0.3, 0.4) is 0 Å². The van der Waals surface area contributed by atoms with Gasteiger partial charge in [0.05, 0.1) is 7.11 Å². The Morgan fingerprint density at radius 3 is 1.69 bits per heavy atom. The topological polar surface area (TPSA) is 72.4 Å². The van der Waals surface area contributed by atoms with Crippen LogP contribution in [0.15, 0.2) is 36.7 Å². The molecule has 0 aliphatic rings. The van der Waals surface area contributed by atoms with Crippen molar-refractivity contribution in [2.75, 3.05) is 14.2 Å². The van der Waals surface area contributed by atoms with Crippen molar-refractivity contribution in [3.63, 3.8) is 0 Å². The van der Waals surface area contributed by atoms with E-state index in [0.717, 1.165) is 23.5 Å². The van der Waals surface area contributed by atoms with E-state index >= 15 is 0 Å². The van der Waals surface area contributed by atoms with Crippen LogP contribution in [0.5, 0.6) is 0 Å². The highest BCUT2D eigenvalue weighted by Crippen LogP contribution is 2.28. The number of hydrogen-bond acceptors (Lipinski definition) is 5. The van der Waals surface area contributed by atoms with Crippen LogP contribution in [-0.4, -0.2) is 40.9 Å². The second-order valence-electron chi connectivity index (χ2n) is 5.40. The molecule has 2 rings (SSSR count). The summed E-state index contributed by atoms with van der Waals surface area (Å²) in [5, 5.41) is 0.829. The number of hydroxylamine groups is 2. The van der Waals surface area contributed by atoms with Crippen molar-refractivity contribution < 1.29 is 40.8 Å². The molecule has 0 aliphatic heterocycles. The Bertz CT molecular complexity index is 868. The molecule has 2 aromatic rings. The molecule has 2 aromatic heterocycles. The molecule has 0 atom stereocenters. The highest BCUT2D eigenvalue weighted by Gasteiger charge is 2.33. The second kappa shape index (κ2) is 9.45. The van der Waals surface area contributed by atoms with Gasteiger partial charge in [-0.15, -0.1) is 0 Å². The van der Waals surface area contributed by atoms with E-state index in [4.69, 9.17) is 0 Å². The van der Waals surface area contributed by atoms with Crippen molar-refractivity contribution in [1.82, 2.24) is 15.0 Å². The third-order valence-electron chi connectivity index (χ3n) is 3.31. The summed E-state index contributed by atoms with van der Waals surface area (Å²) in [6.45, 7) is 1.20. The number of nitrogens with zero attached hydrogens (tertiary/aromatic N) is 3. The fraction of sp³-hybridized carbons (Fsp3) is 0.294. The molecule has 0 fully saturated rings. The van der Waals surface area contributed by atoms with Gasteiger partial charge in [0.15, 0.2) is 5.78 Å². The van der Waals surface area contributed by atoms with Crippen LogP contribution in [0, 0.1) is 0 Å². The molecule has 6 nitrogen and oxygen atoms in total. The molecule has 0 saturated carbocycles. The lowest BCUT2D eigenvalue weighted by Crippen LogP contribution is -2.25. The maximum atomic E-state index is 12.3. The first-order chi connectivity index (χ1) is 13.3. The van der Waals surface area contributed by atoms with Crippen molar-refractivity contribution in [2.45, 2.75) is 19.3 Å². The summed E-state index contributed by atoms with van der Waals surface area (Å²) < 4.78 is 73.1. The normalized spacial score (nSPS) is 11.3. The maximum Gasteiger partial charge on any atom is 0.433 e. The number of carbonyl (C=O) groups excluding carboxylic acids is 2. The van der Waals surface area contributed by atoms with Crippen LogP contribution in [0.1, 0.15) is 39.0 Å². The molecular formula is C17H15F6N3O3. The number of pyridine rings is 2. The molecule has 12 heteroatoms. The molecule has 0 saturated heterocycles. The van der Waals surface area contributed by atoms with E-state index in [2.05, 4.69) is 14.8 Å². The number of amides is 1. The van der Waals surface area contributed by atoms with E-state index in [1.165, 1.54) is 33.2 Å². The Morgan fingerprint density at radius 1 is 0.897 bits per heavy atom. The van der Waals surface area contributed by atoms with Gasteiger partial charge in [0.2, 0.25) is 0 Å². The number of ketones is 1. The molecule has 2 heterocycles. The summed E-state index contributed by atoms with van der Waals surface area (Å²) in [6, 6.07) is 3.85. The molecule has 1 amide bonds. The van der Waals surface area contributed by atoms with Gasteiger partial charge in [-0.3, -0.25) is 24.4 Å². The first kappa shape index (κ1) is 24.0. The summed E-state index contributed by atoms with van der Waals surface area (Å²) >= 11 is 0. The highest BCUT2D eigenvalue weighted by molar-refractivity contribution is 5.94. The average Bonchev–Trinajstić information content (AvgIpc) is 2.66. The quantitative estimate of drug-likeness (QED) is 0.423. The van der Waals surface area contributed by atoms with Crippen molar-refractivity contribution >= 4 is 11.7 Å². The van der Waals surface area contributed by atoms with Gasteiger partial charge in [-0.05, 0) is 31.2 Å². The van der Waals surface area contributed by atoms with Gasteiger partial charge in [-0.1, -0.05) is 0 Å². The fourth-order valence-electron chi connectivity index (χ4n) is 1.79. The Labute approximate surface area is 161 Å². The molecule has 0 spiro atoms. The van der Waals surface area contributed by atoms with Gasteiger partial charge in [-0.2, -0.15) is 26.3 Å². The lowest BCUT2D eigenvalue weighted by atomic mass is 10.1. The Hall–Kier alpha value is -3.02. The third-order valence-corrected chi connectivity index (χ3v) is 3.31. The van der Waals surface area contributed by atoms with E-state index < -0.39 is 35.4 Å². The maximum absolute atomic E-state index is 12.3. The van der Waals surface area contributed by atoms with Crippen LogP contribution in [0.4, 0.5) is 26.3 Å². The zero-order valence-electron chi connectivity index (χ0n) is 15.3. The lowest BCUT2D eigenvalue weighted by molar-refractivity contribution is -0.142. The number of halogens is 6. The minimum Gasteiger partial charge on any atom is -0.295 e. The van der Waals surface area contributed by atoms with E-state index in [-0.39, 0.29) is 11.1 Å². The number of aromatic nitrogens is 2. The molecule has 158 valence electrons. The number of rotatable bonds is 3. The fourth-order valence-corrected chi connectivity index (χ4v) is 1.79. The van der Waals surface area contributed by atoms with Gasteiger partial charge in [0.25, 0.3) is 5.91 Å². The Balaban J connectivity index is 0.000000296. The molecule has 0 aliphatic carbocycles. The van der Waals surface area contributed by atoms with Gasteiger partial charge < -0.3 is 0 Å². The minimum atomic E-state index is -4.57. The zero-order chi connectivity index (χ0) is 22.4. The van der Waals surface area contributed by atoms with Crippen molar-refractivity contribution in [1.29, 1.82) is 0 Å². The summed E-state index contributed by atoms with van der Waals surface area (Å²) in [5.41, 5.74) is -2.27. The van der Waals surface area contributed by atoms with Crippen LogP contribution in [0.2, 0.25) is 0 Å². The Kier molecular flexibility index (Phi) is 7.83. The minimum absolute atomic E-state index is 0.0160. The van der Waals surface area contributed by atoms with Gasteiger partial charge >= 0.3 is 12.4 Å². The van der Waals surface area contributed by atoms with Crippen LogP contribution in [-0.2, 0) is 17.2 Å². The van der Waals surface area contributed by atoms with Crippen molar-refractivity contribution in [2.24, 2.45) is 0 Å². The van der Waals surface area contributed by atoms with Crippen LogP contribution in [0.25, 0.3) is 0 Å². The van der Waals surface area contributed by atoms with Gasteiger partial charge in [0.1, 0.15) is 11.4 Å². The molecule has 0 N–H and O–H groups in total. The predicted molar refractivity (Wildman–Crippen MR) is 87.6 cm³/mol. The summed E-state index contributed by atoms with van der Waals surface area (Å²) in [7, 11) is 2.54. The average molecular weight is 423 g/mol. The monoisotopic (exact) mass is 423 g/mol. The molecule has 0 radical (unpaired) electrons. The van der Waals surface area contributed by atoms with E-state index in [0.29, 0.717) is 6.07 Å². The summed E-state index contributed by atoms with van der Waals surface area (Å²) in [4.78, 5) is 33.0. The summed E-state index contributed by atoms with van der Waals surface area (Å²) in [6.07, 6.45) is -7.16. The first-order valence-corrected chi connectivity index (χ1v) is 7.67. The van der Waals surface area contributed by atoms with E-state index in [1.807, 2.05) is 0 Å². The number of Topliss-reactive ketones (excluding diaryl/α,β-unsaturated/α-hetero) is 1. The molecule has 0 unspecified atom stereocenters. The predicted octanol–water partition coefficient (Wildman–Crippen LogP) is 4.04. The van der Waals surface area contributed by atoms with E-state index in [9.17, 15) is 35.9 Å². The van der Waals surface area contributed by atoms with Crippen LogP contribution < -0.4 is 0 Å². The third kappa shape index (κ3) is 7.14. The number of hydrogen-bond donors (Lipinski definition) is 0. The van der Waals surface area contributed by atoms with Crippen molar-refractivity contribution in [3.05, 3.63) is 59.2 Å². The second-order valence-corrected chi connectivity index (χ2v) is 5.40. The van der Waals surface area contributed by atoms with Gasteiger partial charge in [-0.25, -0.2) is 5.06 Å². The zero-order valence-corrected chi connectivity index (χ0v) is 15.3. The molecular weight excluding hydrogens is 408 g/mol. The molecule has 0 aromatic carbocycles. The van der Waals surface area contributed by atoms with Crippen molar-refractivity contribution in [3.8, 4) is 0 Å². The first-order valence-electron chi connectivity index (χ1n) is 7.67. The molecule has 0 bridgehead atoms. The van der Waals surface area contributed by atoms with Gasteiger partial charge in [0, 0.05) is 30.6 Å². The smallest absolute Gasteiger partial charge is 0.295 e. The highest BCUT2D eigenvalue weighted by atomic mass is 19.4.